The Kier molecular flexibility index (Phi) is 57.6. The zero-order chi connectivity index (χ0) is 105. The standard InChI is InChI=1S/3C8H16N2O.2C8H16N2S.4C6H10N2O.5C6H10N2S/c1-6(2)8-7(3)11-10(5)9(8)4;1-6(2)10-7(3)8(4)11-9(10)5;1-6(2)10-9(5)7(3)8(4)11-10;1-6(2)10-7(3)8(4)11-9(10)5;1-6(2)10-9(5)7(3)8(4)11-10;1-4(2)6-8-7-5(3)9-6;1-4(2)6-7-5(3)9-8-6;1-4(2)6-7-5(3)8-9-6;1-4(2)6-5(3)7-9-8-6;1-4(2)6-8-7-5(3)9-6;1-4(2)6-7-5(3)9-8-6;1-4(2)6-7-5(3)8-9-6;1-4(2)6-5(3)9-8-7-6;1-4(2)6-5(3)7-9-8-6/h5*6H,1-5H3;9*4H,1-3H3. The van der Waals surface area contributed by atoms with E-state index in [1.807, 2.05) is 159 Å². The fourth-order valence-electron chi connectivity index (χ4n) is 12.0. The molecular formula is C94H170N28O7S7. The summed E-state index contributed by atoms with van der Waals surface area (Å²) >= 11 is 11.0. The summed E-state index contributed by atoms with van der Waals surface area (Å²) in [6, 6.07) is 1.96. The lowest BCUT2D eigenvalue weighted by Gasteiger charge is -2.30. The van der Waals surface area contributed by atoms with Crippen LogP contribution < -0.4 is 0 Å². The summed E-state index contributed by atoms with van der Waals surface area (Å²) in [4.78, 5) is 36.8. The molecule has 0 N–H and O–H groups in total. The highest BCUT2D eigenvalue weighted by Gasteiger charge is 2.30. The Hall–Kier alpha value is -8.04. The number of nitrogens with zero attached hydrogens (tertiary/aromatic N) is 28. The second-order valence-corrected chi connectivity index (χ2v) is 43.8. The molecule has 0 radical (unpaired) electrons. The fourth-order valence-corrected chi connectivity index (χ4v) is 17.3. The van der Waals surface area contributed by atoms with Crippen molar-refractivity contribution in [1.29, 1.82) is 0 Å². The van der Waals surface area contributed by atoms with Crippen LogP contribution in [-0.4, -0.2) is 204 Å². The molecule has 0 unspecified atom stereocenters. The lowest BCUT2D eigenvalue weighted by molar-refractivity contribution is -0.226. The van der Waals surface area contributed by atoms with Crippen LogP contribution in [0.2, 0.25) is 0 Å². The van der Waals surface area contributed by atoms with E-state index in [2.05, 4.69) is 331 Å². The minimum atomic E-state index is 0.339. The van der Waals surface area contributed by atoms with Crippen LogP contribution in [0.4, 0.5) is 0 Å². The summed E-state index contributed by atoms with van der Waals surface area (Å²) in [7, 11) is 12.0. The van der Waals surface area contributed by atoms with Gasteiger partial charge in [-0.15, -0.1) is 36.8 Å². The largest absolute Gasteiger partial charge is 0.425 e. The first-order valence-electron chi connectivity index (χ1n) is 46.6. The van der Waals surface area contributed by atoms with E-state index in [4.69, 9.17) is 28.0 Å². The van der Waals surface area contributed by atoms with E-state index in [-0.39, 0.29) is 0 Å². The van der Waals surface area contributed by atoms with E-state index in [0.29, 0.717) is 113 Å². The summed E-state index contributed by atoms with van der Waals surface area (Å²) in [5, 5.41) is 54.6. The number of aromatic nitrogens is 18. The Bertz CT molecular complexity index is 4460. The first-order valence-corrected chi connectivity index (χ1v) is 52.0. The van der Waals surface area contributed by atoms with Crippen LogP contribution in [0.3, 0.4) is 0 Å². The minimum absolute atomic E-state index is 0.339. The van der Waals surface area contributed by atoms with Gasteiger partial charge in [-0.2, -0.15) is 36.3 Å². The molecule has 14 heterocycles. The third-order valence-corrected chi connectivity index (χ3v) is 26.3. The Balaban J connectivity index is 0.000000733. The Morgan fingerprint density at radius 2 is 0.875 bits per heavy atom. The molecule has 35 nitrogen and oxygen atoms in total. The van der Waals surface area contributed by atoms with Crippen molar-refractivity contribution in [3.05, 3.63) is 156 Å². The monoisotopic (exact) mass is 2030 g/mol. The first kappa shape index (κ1) is 126. The maximum absolute atomic E-state index is 5.49. The van der Waals surface area contributed by atoms with E-state index < -0.39 is 0 Å². The molecule has 9 aromatic rings. The molecule has 0 saturated heterocycles. The van der Waals surface area contributed by atoms with Crippen molar-refractivity contribution >= 4 is 81.6 Å². The second-order valence-electron chi connectivity index (χ2n) is 36.8. The molecule has 0 atom stereocenters. The molecule has 0 amide bonds. The fraction of sp³-hybridized carbons (Fsp3) is 0.702. The van der Waals surface area contributed by atoms with Gasteiger partial charge in [0, 0.05) is 142 Å². The molecule has 5 aliphatic rings. The SMILES string of the molecule is CC1=C(C(C)C)N(C)N(C)O1.CC1=C(C)N(C(C)C)N(C)O1.CC1=C(C)N(C(C)C)N(C)S1.CC1=C(C)N(C)N(C(C)C)O1.CC1=C(C)N(C)N(C(C)C)S1.Cc1nc(C(C)C)no1.Cc1nc(C(C)C)ns1.Cc1nnc(C(C)C)o1.Cc1nnc(C(C)C)s1.Cc1noc(C(C)C)n1.Cc1nonc1C(C)C.Cc1nsc(C(C)C)n1.Cc1nsnc1C(C)C.Cc1snnc1C(C)C. The first-order chi connectivity index (χ1) is 63.0. The molecule has 5 aliphatic heterocycles. The van der Waals surface area contributed by atoms with Crippen LogP contribution >= 0.6 is 81.6 Å². The molecule has 0 fully saturated rings. The lowest BCUT2D eigenvalue weighted by atomic mass is 10.1. The number of aryl methyl sites for hydroxylation is 9. The van der Waals surface area contributed by atoms with E-state index in [9.17, 15) is 0 Å². The number of hydrogen-bond donors (Lipinski definition) is 0. The second kappa shape index (κ2) is 62.2. The molecule has 0 bridgehead atoms. The average Bonchev–Trinajstić information content (AvgIpc) is 1.70. The highest BCUT2D eigenvalue weighted by Crippen LogP contribution is 2.38. The molecule has 0 spiro atoms. The smallest absolute Gasteiger partial charge is 0.229 e. The van der Waals surface area contributed by atoms with Gasteiger partial charge in [0.15, 0.2) is 11.6 Å². The van der Waals surface area contributed by atoms with Gasteiger partial charge >= 0.3 is 0 Å². The maximum Gasteiger partial charge on any atom is 0.229 e. The topological polar surface area (TPSA) is 345 Å². The van der Waals surface area contributed by atoms with Gasteiger partial charge in [-0.05, 0) is 242 Å². The van der Waals surface area contributed by atoms with Crippen molar-refractivity contribution in [2.45, 2.75) is 396 Å². The van der Waals surface area contributed by atoms with Gasteiger partial charge in [0.2, 0.25) is 23.6 Å². The van der Waals surface area contributed by atoms with Crippen LogP contribution in [0.25, 0.3) is 0 Å². The van der Waals surface area contributed by atoms with Crippen molar-refractivity contribution < 1.29 is 32.6 Å². The molecule has 0 aromatic carbocycles. The van der Waals surface area contributed by atoms with Gasteiger partial charge in [-0.3, -0.25) is 20.0 Å². The summed E-state index contributed by atoms with van der Waals surface area (Å²) in [6.07, 6.45) is 0. The van der Waals surface area contributed by atoms with E-state index in [1.165, 1.54) is 89.5 Å². The minimum Gasteiger partial charge on any atom is -0.425 e. The Labute approximate surface area is 845 Å². The van der Waals surface area contributed by atoms with Gasteiger partial charge in [-0.1, -0.05) is 179 Å². The van der Waals surface area contributed by atoms with Crippen molar-refractivity contribution in [2.75, 3.05) is 42.3 Å². The molecule has 0 saturated carbocycles. The zero-order valence-electron chi connectivity index (χ0n) is 92.3. The molecule has 42 heteroatoms. The van der Waals surface area contributed by atoms with Crippen molar-refractivity contribution in [2.24, 2.45) is 5.92 Å². The average molecular weight is 2030 g/mol. The normalized spacial score (nSPS) is 14.6. The highest BCUT2D eigenvalue weighted by molar-refractivity contribution is 8.01. The summed E-state index contributed by atoms with van der Waals surface area (Å²) < 4.78 is 44.0. The van der Waals surface area contributed by atoms with Gasteiger partial charge in [0.05, 0.1) is 51.9 Å². The molecular weight excluding hydrogens is 1860 g/mol. The Morgan fingerprint density at radius 3 is 1.08 bits per heavy atom. The predicted molar refractivity (Wildman–Crippen MR) is 560 cm³/mol. The summed E-state index contributed by atoms with van der Waals surface area (Å²) in [5.41, 5.74) is 11.6. The van der Waals surface area contributed by atoms with Gasteiger partial charge < -0.3 is 33.0 Å². The number of hydrogen-bond acceptors (Lipinski definition) is 42. The maximum atomic E-state index is 5.49. The molecule has 0 aliphatic carbocycles. The molecule has 9 aromatic heterocycles. The van der Waals surface area contributed by atoms with Gasteiger partial charge in [0.1, 0.15) is 60.3 Å². The Morgan fingerprint density at radius 1 is 0.324 bits per heavy atom. The van der Waals surface area contributed by atoms with Crippen molar-refractivity contribution in [3.8, 4) is 0 Å². The van der Waals surface area contributed by atoms with Crippen LogP contribution in [0.15, 0.2) is 73.7 Å². The van der Waals surface area contributed by atoms with Crippen molar-refractivity contribution in [1.82, 2.24) is 137 Å². The number of hydrazine groups is 5. The van der Waals surface area contributed by atoms with Crippen LogP contribution in [0.1, 0.15) is 410 Å². The number of hydroxylamine groups is 3. The van der Waals surface area contributed by atoms with Gasteiger partial charge in [0.25, 0.3) is 0 Å². The van der Waals surface area contributed by atoms with Crippen LogP contribution in [-0.2, 0) is 14.5 Å². The van der Waals surface area contributed by atoms with E-state index in [0.717, 1.165) is 83.3 Å². The third kappa shape index (κ3) is 43.8. The lowest BCUT2D eigenvalue weighted by Crippen LogP contribution is -2.38. The van der Waals surface area contributed by atoms with E-state index >= 15 is 0 Å². The quantitative estimate of drug-likeness (QED) is 0.0913. The summed E-state index contributed by atoms with van der Waals surface area (Å²) in [5.74, 6) is 13.6. The van der Waals surface area contributed by atoms with Crippen LogP contribution in [0, 0.1) is 68.2 Å². The zero-order valence-corrected chi connectivity index (χ0v) is 98.0. The molecule has 136 heavy (non-hydrogen) atoms. The molecule has 14 rings (SSSR count). The van der Waals surface area contributed by atoms with Crippen LogP contribution in [0.5, 0.6) is 0 Å². The summed E-state index contributed by atoms with van der Waals surface area (Å²) in [6.45, 7) is 95.1. The third-order valence-electron chi connectivity index (χ3n) is 19.7. The molecule has 770 valence electrons. The number of allylic oxidation sites excluding steroid dienone is 10. The van der Waals surface area contributed by atoms with Crippen molar-refractivity contribution in [3.63, 3.8) is 0 Å². The predicted octanol–water partition coefficient (Wildman–Crippen LogP) is 25.8. The number of rotatable bonds is 14. The van der Waals surface area contributed by atoms with Gasteiger partial charge in [-0.25, -0.2) is 14.6 Å². The highest BCUT2D eigenvalue weighted by atomic mass is 32.2. The van der Waals surface area contributed by atoms with E-state index in [1.54, 1.807) is 47.5 Å².